The van der Waals surface area contributed by atoms with Crippen LogP contribution in [0.2, 0.25) is 0 Å². The lowest BCUT2D eigenvalue weighted by Crippen LogP contribution is -2.17. The lowest BCUT2D eigenvalue weighted by molar-refractivity contribution is -0.141. The summed E-state index contributed by atoms with van der Waals surface area (Å²) in [4.78, 5) is 11.0. The van der Waals surface area contributed by atoms with Gasteiger partial charge < -0.3 is 10.4 Å². The van der Waals surface area contributed by atoms with E-state index in [-0.39, 0.29) is 12.0 Å². The molecule has 3 nitrogen and oxygen atoms in total. The minimum absolute atomic E-state index is 0.192. The number of carboxylic acids is 1. The minimum Gasteiger partial charge on any atom is -0.481 e. The Balaban J connectivity index is 2.05. The number of hydrogen-bond donors (Lipinski definition) is 2. The van der Waals surface area contributed by atoms with Crippen LogP contribution in [0.5, 0.6) is 0 Å². The molecule has 0 radical (unpaired) electrons. The van der Waals surface area contributed by atoms with Crippen LogP contribution >= 0.6 is 0 Å². The van der Waals surface area contributed by atoms with Crippen molar-refractivity contribution in [3.8, 4) is 0 Å². The number of benzene rings is 1. The molecule has 3 heteroatoms. The highest BCUT2D eigenvalue weighted by Gasteiger charge is 2.29. The van der Waals surface area contributed by atoms with Crippen molar-refractivity contribution < 1.29 is 9.90 Å². The first-order valence-corrected chi connectivity index (χ1v) is 7.21. The summed E-state index contributed by atoms with van der Waals surface area (Å²) >= 11 is 0. The van der Waals surface area contributed by atoms with Crippen molar-refractivity contribution >= 4 is 5.97 Å². The van der Waals surface area contributed by atoms with Gasteiger partial charge in [-0.15, -0.1) is 0 Å². The van der Waals surface area contributed by atoms with Crippen molar-refractivity contribution in [3.63, 3.8) is 0 Å². The van der Waals surface area contributed by atoms with Gasteiger partial charge in [-0.2, -0.15) is 0 Å². The number of rotatable bonds is 5. The van der Waals surface area contributed by atoms with E-state index in [1.807, 2.05) is 0 Å². The van der Waals surface area contributed by atoms with Crippen LogP contribution in [0.3, 0.4) is 0 Å². The second-order valence-electron chi connectivity index (χ2n) is 5.41. The summed E-state index contributed by atoms with van der Waals surface area (Å²) in [7, 11) is 0. The Kier molecular flexibility index (Phi) is 4.59. The van der Waals surface area contributed by atoms with E-state index < -0.39 is 5.97 Å². The molecule has 1 aliphatic heterocycles. The molecule has 1 aromatic rings. The smallest absolute Gasteiger partial charge is 0.307 e. The maximum atomic E-state index is 11.0. The molecule has 2 unspecified atom stereocenters. The average molecular weight is 261 g/mol. The fourth-order valence-electron chi connectivity index (χ4n) is 2.94. The van der Waals surface area contributed by atoms with Gasteiger partial charge in [0.2, 0.25) is 0 Å². The van der Waals surface area contributed by atoms with E-state index in [4.69, 9.17) is 5.11 Å². The second-order valence-corrected chi connectivity index (χ2v) is 5.41. The monoisotopic (exact) mass is 261 g/mol. The molecule has 1 saturated heterocycles. The Labute approximate surface area is 115 Å². The molecule has 0 bridgehead atoms. The fourth-order valence-corrected chi connectivity index (χ4v) is 2.94. The summed E-state index contributed by atoms with van der Waals surface area (Å²) in [5, 5.41) is 12.3. The topological polar surface area (TPSA) is 49.3 Å². The van der Waals surface area contributed by atoms with Gasteiger partial charge in [0.15, 0.2) is 0 Å². The Morgan fingerprint density at radius 2 is 1.95 bits per heavy atom. The molecule has 2 N–H and O–H groups in total. The first-order chi connectivity index (χ1) is 9.15. The molecule has 1 fully saturated rings. The molecule has 0 spiro atoms. The second kappa shape index (κ2) is 6.20. The molecule has 1 heterocycles. The Morgan fingerprint density at radius 1 is 1.32 bits per heavy atom. The van der Waals surface area contributed by atoms with Crippen LogP contribution in [0.4, 0.5) is 0 Å². The number of carbonyl (C=O) groups is 1. The van der Waals surface area contributed by atoms with E-state index in [9.17, 15) is 4.79 Å². The molecule has 0 saturated carbocycles. The predicted octanol–water partition coefficient (Wildman–Crippen LogP) is 3.33. The van der Waals surface area contributed by atoms with Crippen molar-refractivity contribution in [1.82, 2.24) is 5.32 Å². The molecular formula is C16H23NO2. The van der Waals surface area contributed by atoms with Gasteiger partial charge >= 0.3 is 5.97 Å². The minimum atomic E-state index is -0.691. The highest BCUT2D eigenvalue weighted by Crippen LogP contribution is 2.29. The zero-order chi connectivity index (χ0) is 13.8. The van der Waals surface area contributed by atoms with Gasteiger partial charge in [-0.3, -0.25) is 4.79 Å². The third kappa shape index (κ3) is 3.16. The van der Waals surface area contributed by atoms with Crippen LogP contribution in [0.1, 0.15) is 56.2 Å². The van der Waals surface area contributed by atoms with Crippen LogP contribution in [-0.2, 0) is 4.79 Å². The molecule has 104 valence electrons. The van der Waals surface area contributed by atoms with E-state index in [1.165, 1.54) is 24.0 Å². The molecule has 19 heavy (non-hydrogen) atoms. The highest BCUT2D eigenvalue weighted by molar-refractivity contribution is 5.70. The third-order valence-electron chi connectivity index (χ3n) is 4.28. The lowest BCUT2D eigenvalue weighted by Gasteiger charge is -2.15. The van der Waals surface area contributed by atoms with E-state index in [0.29, 0.717) is 18.9 Å². The summed E-state index contributed by atoms with van der Waals surface area (Å²) in [6.07, 6.45) is 3.02. The van der Waals surface area contributed by atoms with Crippen LogP contribution < -0.4 is 5.32 Å². The standard InChI is InChI=1S/C16H23NO2/c1-3-11(4-2)12-5-7-13(8-6-12)15-9-14(10-17-15)16(18)19/h5-8,11,14-15,17H,3-4,9-10H2,1-2H3,(H,18,19). The summed E-state index contributed by atoms with van der Waals surface area (Å²) in [6, 6.07) is 8.88. The first-order valence-electron chi connectivity index (χ1n) is 7.21. The van der Waals surface area contributed by atoms with Crippen molar-refractivity contribution in [2.45, 2.75) is 45.1 Å². The summed E-state index contributed by atoms with van der Waals surface area (Å²) < 4.78 is 0. The maximum absolute atomic E-state index is 11.0. The lowest BCUT2D eigenvalue weighted by atomic mass is 9.92. The number of carboxylic acid groups (broad SMARTS) is 1. The average Bonchev–Trinajstić information content (AvgIpc) is 2.91. The zero-order valence-corrected chi connectivity index (χ0v) is 11.7. The number of nitrogens with one attached hydrogen (secondary N) is 1. The molecule has 0 aliphatic carbocycles. The number of hydrogen-bond acceptors (Lipinski definition) is 2. The van der Waals surface area contributed by atoms with Crippen LogP contribution in [0.25, 0.3) is 0 Å². The van der Waals surface area contributed by atoms with E-state index in [2.05, 4.69) is 43.4 Å². The molecule has 1 aromatic carbocycles. The maximum Gasteiger partial charge on any atom is 0.307 e. The summed E-state index contributed by atoms with van der Waals surface area (Å²) in [5.74, 6) is -0.301. The molecule has 1 aliphatic rings. The zero-order valence-electron chi connectivity index (χ0n) is 11.7. The predicted molar refractivity (Wildman–Crippen MR) is 76.3 cm³/mol. The summed E-state index contributed by atoms with van der Waals surface area (Å²) in [5.41, 5.74) is 2.60. The van der Waals surface area contributed by atoms with Gasteiger partial charge in [-0.1, -0.05) is 38.1 Å². The first kappa shape index (κ1) is 14.1. The Morgan fingerprint density at radius 3 is 2.42 bits per heavy atom. The van der Waals surface area contributed by atoms with Crippen molar-refractivity contribution in [2.75, 3.05) is 6.54 Å². The van der Waals surface area contributed by atoms with Gasteiger partial charge in [0.25, 0.3) is 0 Å². The fraction of sp³-hybridized carbons (Fsp3) is 0.562. The molecule has 0 amide bonds. The van der Waals surface area contributed by atoms with Gasteiger partial charge in [-0.25, -0.2) is 0 Å². The van der Waals surface area contributed by atoms with Crippen LogP contribution in [0, 0.1) is 5.92 Å². The molecule has 0 aromatic heterocycles. The normalized spacial score (nSPS) is 22.9. The molecule has 2 atom stereocenters. The van der Waals surface area contributed by atoms with Crippen molar-refractivity contribution in [2.24, 2.45) is 5.92 Å². The van der Waals surface area contributed by atoms with Crippen molar-refractivity contribution in [3.05, 3.63) is 35.4 Å². The highest BCUT2D eigenvalue weighted by atomic mass is 16.4. The van der Waals surface area contributed by atoms with Gasteiger partial charge in [0, 0.05) is 12.6 Å². The van der Waals surface area contributed by atoms with Gasteiger partial charge in [-0.05, 0) is 36.3 Å². The Hall–Kier alpha value is -1.35. The van der Waals surface area contributed by atoms with E-state index in [1.54, 1.807) is 0 Å². The van der Waals surface area contributed by atoms with Gasteiger partial charge in [0.05, 0.1) is 5.92 Å². The van der Waals surface area contributed by atoms with Gasteiger partial charge in [0.1, 0.15) is 0 Å². The molecular weight excluding hydrogens is 238 g/mol. The quantitative estimate of drug-likeness (QED) is 0.854. The number of aliphatic carboxylic acids is 1. The largest absolute Gasteiger partial charge is 0.481 e. The van der Waals surface area contributed by atoms with Crippen LogP contribution in [0.15, 0.2) is 24.3 Å². The van der Waals surface area contributed by atoms with Crippen LogP contribution in [-0.4, -0.2) is 17.6 Å². The van der Waals surface area contributed by atoms with E-state index in [0.717, 1.165) is 0 Å². The molecule has 2 rings (SSSR count). The SMILES string of the molecule is CCC(CC)c1ccc(C2CC(C(=O)O)CN2)cc1. The van der Waals surface area contributed by atoms with E-state index >= 15 is 0 Å². The summed E-state index contributed by atoms with van der Waals surface area (Å²) in [6.45, 7) is 5.02. The van der Waals surface area contributed by atoms with Crippen molar-refractivity contribution in [1.29, 1.82) is 0 Å². The Bertz CT molecular complexity index is 423. The third-order valence-corrected chi connectivity index (χ3v) is 4.28.